The van der Waals surface area contributed by atoms with Crippen LogP contribution < -0.4 is 15.0 Å². The minimum Gasteiger partial charge on any atom is -0.497 e. The van der Waals surface area contributed by atoms with Crippen LogP contribution in [-0.2, 0) is 13.0 Å². The molecule has 130 valence electrons. The van der Waals surface area contributed by atoms with Gasteiger partial charge in [0.1, 0.15) is 5.75 Å². The average Bonchev–Trinajstić information content (AvgIpc) is 2.61. The number of methoxy groups -OCH3 is 1. The fourth-order valence-corrected chi connectivity index (χ4v) is 2.77. The highest BCUT2D eigenvalue weighted by Crippen LogP contribution is 2.23. The van der Waals surface area contributed by atoms with E-state index in [-0.39, 0.29) is 5.54 Å². The molecule has 0 radical (unpaired) electrons. The van der Waals surface area contributed by atoms with E-state index in [4.69, 9.17) is 4.74 Å². The Morgan fingerprint density at radius 3 is 2.29 bits per heavy atom. The van der Waals surface area contributed by atoms with Crippen molar-refractivity contribution in [2.75, 3.05) is 25.6 Å². The van der Waals surface area contributed by atoms with Crippen molar-refractivity contribution >= 4 is 5.69 Å². The molecule has 24 heavy (non-hydrogen) atoms. The minimum atomic E-state index is 0.123. The molecule has 2 aromatic rings. The van der Waals surface area contributed by atoms with Crippen molar-refractivity contribution in [1.82, 2.24) is 5.32 Å². The standard InChI is InChI=1S/C21H30N2O/c1-6-23(19-8-7-9-20(14-19)24-5)16-18-12-10-17(11-13-18)15-21(2,3)22-4/h7-14,22H,6,15-16H2,1-5H3. The topological polar surface area (TPSA) is 24.5 Å². The summed E-state index contributed by atoms with van der Waals surface area (Å²) in [6.45, 7) is 8.50. The molecule has 0 saturated heterocycles. The summed E-state index contributed by atoms with van der Waals surface area (Å²) in [5.41, 5.74) is 4.00. The van der Waals surface area contributed by atoms with Gasteiger partial charge in [-0.2, -0.15) is 0 Å². The van der Waals surface area contributed by atoms with Crippen LogP contribution in [0.4, 0.5) is 5.69 Å². The number of hydrogen-bond acceptors (Lipinski definition) is 3. The van der Waals surface area contributed by atoms with Gasteiger partial charge in [0.15, 0.2) is 0 Å². The minimum absolute atomic E-state index is 0.123. The third-order valence-corrected chi connectivity index (χ3v) is 4.52. The summed E-state index contributed by atoms with van der Waals surface area (Å²) in [5, 5.41) is 3.36. The second-order valence-corrected chi connectivity index (χ2v) is 6.84. The smallest absolute Gasteiger partial charge is 0.120 e. The maximum Gasteiger partial charge on any atom is 0.120 e. The SMILES string of the molecule is CCN(Cc1ccc(CC(C)(C)NC)cc1)c1cccc(OC)c1. The highest BCUT2D eigenvalue weighted by atomic mass is 16.5. The number of rotatable bonds is 8. The van der Waals surface area contributed by atoms with Gasteiger partial charge >= 0.3 is 0 Å². The molecule has 0 bridgehead atoms. The van der Waals surface area contributed by atoms with Crippen LogP contribution in [-0.4, -0.2) is 26.2 Å². The summed E-state index contributed by atoms with van der Waals surface area (Å²) in [7, 11) is 3.72. The molecule has 0 spiro atoms. The van der Waals surface area contributed by atoms with Crippen LogP contribution in [0.15, 0.2) is 48.5 Å². The van der Waals surface area contributed by atoms with Gasteiger partial charge in [0.05, 0.1) is 7.11 Å². The van der Waals surface area contributed by atoms with Crippen LogP contribution in [0.3, 0.4) is 0 Å². The zero-order valence-electron chi connectivity index (χ0n) is 15.6. The molecule has 0 heterocycles. The van der Waals surface area contributed by atoms with Crippen molar-refractivity contribution in [3.05, 3.63) is 59.7 Å². The predicted octanol–water partition coefficient (Wildman–Crippen LogP) is 4.26. The number of hydrogen-bond donors (Lipinski definition) is 1. The lowest BCUT2D eigenvalue weighted by Crippen LogP contribution is -2.38. The summed E-state index contributed by atoms with van der Waals surface area (Å²) in [6.07, 6.45) is 1.02. The first kappa shape index (κ1) is 18.3. The van der Waals surface area contributed by atoms with Gasteiger partial charge in [-0.15, -0.1) is 0 Å². The molecule has 0 atom stereocenters. The number of likely N-dealkylation sites (N-methyl/N-ethyl adjacent to an activating group) is 1. The van der Waals surface area contributed by atoms with Crippen molar-refractivity contribution in [1.29, 1.82) is 0 Å². The van der Waals surface area contributed by atoms with Crippen molar-refractivity contribution in [3.63, 3.8) is 0 Å². The normalized spacial score (nSPS) is 11.4. The molecule has 0 fully saturated rings. The van der Waals surface area contributed by atoms with Crippen molar-refractivity contribution in [2.24, 2.45) is 0 Å². The molecule has 0 amide bonds. The maximum atomic E-state index is 5.34. The van der Waals surface area contributed by atoms with Gasteiger partial charge < -0.3 is 15.0 Å². The first-order valence-electron chi connectivity index (χ1n) is 8.63. The van der Waals surface area contributed by atoms with E-state index in [1.165, 1.54) is 16.8 Å². The first-order chi connectivity index (χ1) is 11.5. The Hall–Kier alpha value is -2.00. The Labute approximate surface area is 146 Å². The number of ether oxygens (including phenoxy) is 1. The van der Waals surface area contributed by atoms with Crippen LogP contribution in [0.25, 0.3) is 0 Å². The lowest BCUT2D eigenvalue weighted by molar-refractivity contribution is 0.415. The Morgan fingerprint density at radius 2 is 1.71 bits per heavy atom. The Balaban J connectivity index is 2.08. The summed E-state index contributed by atoms with van der Waals surface area (Å²) in [5.74, 6) is 0.899. The Kier molecular flexibility index (Phi) is 6.27. The van der Waals surface area contributed by atoms with Gasteiger partial charge in [0.25, 0.3) is 0 Å². The van der Waals surface area contributed by atoms with Crippen molar-refractivity contribution < 1.29 is 4.74 Å². The molecule has 2 aromatic carbocycles. The van der Waals surface area contributed by atoms with E-state index in [0.717, 1.165) is 25.3 Å². The number of nitrogens with zero attached hydrogens (tertiary/aromatic N) is 1. The van der Waals surface area contributed by atoms with Gasteiger partial charge in [-0.25, -0.2) is 0 Å². The van der Waals surface area contributed by atoms with Crippen LogP contribution in [0, 0.1) is 0 Å². The average molecular weight is 326 g/mol. The Morgan fingerprint density at radius 1 is 1.04 bits per heavy atom. The van der Waals surface area contributed by atoms with E-state index in [2.05, 4.69) is 67.4 Å². The number of anilines is 1. The second kappa shape index (κ2) is 8.20. The third kappa shape index (κ3) is 5.00. The predicted molar refractivity (Wildman–Crippen MR) is 103 cm³/mol. The molecule has 0 aliphatic rings. The Bertz CT molecular complexity index is 635. The summed E-state index contributed by atoms with van der Waals surface area (Å²) < 4.78 is 5.34. The fourth-order valence-electron chi connectivity index (χ4n) is 2.77. The third-order valence-electron chi connectivity index (χ3n) is 4.52. The zero-order valence-corrected chi connectivity index (χ0v) is 15.6. The maximum absolute atomic E-state index is 5.34. The van der Waals surface area contributed by atoms with Crippen LogP contribution in [0.1, 0.15) is 31.9 Å². The molecule has 0 aliphatic heterocycles. The number of nitrogens with one attached hydrogen (secondary N) is 1. The molecular formula is C21H30N2O. The van der Waals surface area contributed by atoms with E-state index < -0.39 is 0 Å². The van der Waals surface area contributed by atoms with Crippen LogP contribution in [0.2, 0.25) is 0 Å². The molecule has 3 heteroatoms. The molecular weight excluding hydrogens is 296 g/mol. The molecule has 2 rings (SSSR count). The highest BCUT2D eigenvalue weighted by Gasteiger charge is 2.15. The zero-order chi connectivity index (χ0) is 17.6. The van der Waals surface area contributed by atoms with E-state index in [0.29, 0.717) is 0 Å². The van der Waals surface area contributed by atoms with Crippen LogP contribution >= 0.6 is 0 Å². The molecule has 0 aromatic heterocycles. The molecule has 0 saturated carbocycles. The van der Waals surface area contributed by atoms with E-state index in [9.17, 15) is 0 Å². The first-order valence-corrected chi connectivity index (χ1v) is 8.63. The molecule has 0 aliphatic carbocycles. The summed E-state index contributed by atoms with van der Waals surface area (Å²) in [4.78, 5) is 2.36. The van der Waals surface area contributed by atoms with Gasteiger partial charge in [-0.1, -0.05) is 30.3 Å². The monoisotopic (exact) mass is 326 g/mol. The molecule has 0 unspecified atom stereocenters. The lowest BCUT2D eigenvalue weighted by atomic mass is 9.94. The van der Waals surface area contributed by atoms with E-state index in [1.54, 1.807) is 7.11 Å². The quantitative estimate of drug-likeness (QED) is 0.784. The van der Waals surface area contributed by atoms with Gasteiger partial charge in [-0.05, 0) is 57.5 Å². The van der Waals surface area contributed by atoms with E-state index >= 15 is 0 Å². The van der Waals surface area contributed by atoms with Gasteiger partial charge in [0.2, 0.25) is 0 Å². The summed E-state index contributed by atoms with van der Waals surface area (Å²) >= 11 is 0. The van der Waals surface area contributed by atoms with Crippen molar-refractivity contribution in [2.45, 2.75) is 39.3 Å². The van der Waals surface area contributed by atoms with Gasteiger partial charge in [0, 0.05) is 30.4 Å². The summed E-state index contributed by atoms with van der Waals surface area (Å²) in [6, 6.07) is 17.2. The highest BCUT2D eigenvalue weighted by molar-refractivity contribution is 5.51. The molecule has 3 nitrogen and oxygen atoms in total. The second-order valence-electron chi connectivity index (χ2n) is 6.84. The van der Waals surface area contributed by atoms with Crippen LogP contribution in [0.5, 0.6) is 5.75 Å². The largest absolute Gasteiger partial charge is 0.497 e. The lowest BCUT2D eigenvalue weighted by Gasteiger charge is -2.25. The number of benzene rings is 2. The van der Waals surface area contributed by atoms with Crippen molar-refractivity contribution in [3.8, 4) is 5.75 Å². The van der Waals surface area contributed by atoms with E-state index in [1.807, 2.05) is 19.2 Å². The van der Waals surface area contributed by atoms with Gasteiger partial charge in [-0.3, -0.25) is 0 Å². The molecule has 1 N–H and O–H groups in total. The fraction of sp³-hybridized carbons (Fsp3) is 0.429.